The van der Waals surface area contributed by atoms with Crippen molar-refractivity contribution >= 4 is 5.91 Å². The van der Waals surface area contributed by atoms with E-state index in [1.165, 1.54) is 26.2 Å². The third-order valence-electron chi connectivity index (χ3n) is 2.63. The van der Waals surface area contributed by atoms with E-state index in [1.807, 2.05) is 0 Å². The number of nitrogens with one attached hydrogen (secondary N) is 1. The van der Waals surface area contributed by atoms with E-state index in [-0.39, 0.29) is 5.91 Å². The van der Waals surface area contributed by atoms with Crippen LogP contribution in [0, 0.1) is 5.41 Å². The van der Waals surface area contributed by atoms with Gasteiger partial charge in [-0.15, -0.1) is 0 Å². The molecule has 1 fully saturated rings. The minimum Gasteiger partial charge on any atom is -0.384 e. The van der Waals surface area contributed by atoms with Crippen LogP contribution in [0.15, 0.2) is 0 Å². The Labute approximate surface area is 73.2 Å². The SMILES string of the molecule is C[C@@H](O)C(=O)NCC1(C)CCC1. The summed E-state index contributed by atoms with van der Waals surface area (Å²) in [5.41, 5.74) is 0.296. The fourth-order valence-corrected chi connectivity index (χ4v) is 1.41. The standard InChI is InChI=1S/C9H17NO2/c1-7(11)8(12)10-6-9(2)4-3-5-9/h7,11H,3-6H2,1-2H3,(H,10,12)/t7-/m1/s1. The minimum atomic E-state index is -0.881. The van der Waals surface area contributed by atoms with Crippen molar-refractivity contribution in [1.29, 1.82) is 0 Å². The first kappa shape index (κ1) is 9.52. The van der Waals surface area contributed by atoms with Crippen molar-refractivity contribution in [2.45, 2.75) is 39.2 Å². The van der Waals surface area contributed by atoms with E-state index in [4.69, 9.17) is 5.11 Å². The third-order valence-corrected chi connectivity index (χ3v) is 2.63. The van der Waals surface area contributed by atoms with Gasteiger partial charge in [-0.25, -0.2) is 0 Å². The monoisotopic (exact) mass is 171 g/mol. The number of hydrogen-bond acceptors (Lipinski definition) is 2. The Morgan fingerprint density at radius 3 is 2.58 bits per heavy atom. The maximum Gasteiger partial charge on any atom is 0.248 e. The van der Waals surface area contributed by atoms with Crippen molar-refractivity contribution < 1.29 is 9.90 Å². The predicted molar refractivity (Wildman–Crippen MR) is 46.6 cm³/mol. The lowest BCUT2D eigenvalue weighted by molar-refractivity contribution is -0.129. The van der Waals surface area contributed by atoms with E-state index in [1.54, 1.807) is 0 Å². The summed E-state index contributed by atoms with van der Waals surface area (Å²) in [6, 6.07) is 0. The number of carbonyl (C=O) groups is 1. The lowest BCUT2D eigenvalue weighted by atomic mass is 9.70. The van der Waals surface area contributed by atoms with E-state index >= 15 is 0 Å². The van der Waals surface area contributed by atoms with Crippen LogP contribution in [-0.2, 0) is 4.79 Å². The zero-order chi connectivity index (χ0) is 9.19. The Balaban J connectivity index is 2.21. The molecule has 1 aliphatic carbocycles. The fraction of sp³-hybridized carbons (Fsp3) is 0.889. The van der Waals surface area contributed by atoms with Gasteiger partial charge in [-0.3, -0.25) is 4.79 Å². The minimum absolute atomic E-state index is 0.261. The molecular weight excluding hydrogens is 154 g/mol. The number of rotatable bonds is 3. The molecule has 0 aromatic rings. The van der Waals surface area contributed by atoms with Crippen molar-refractivity contribution in [2.75, 3.05) is 6.54 Å². The summed E-state index contributed by atoms with van der Waals surface area (Å²) >= 11 is 0. The molecule has 0 radical (unpaired) electrons. The Hall–Kier alpha value is -0.570. The van der Waals surface area contributed by atoms with Crippen LogP contribution in [0.25, 0.3) is 0 Å². The molecule has 70 valence electrons. The van der Waals surface area contributed by atoms with Gasteiger partial charge < -0.3 is 10.4 Å². The highest BCUT2D eigenvalue weighted by atomic mass is 16.3. The molecule has 1 atom stereocenters. The molecule has 0 aromatic carbocycles. The van der Waals surface area contributed by atoms with Gasteiger partial charge in [0.1, 0.15) is 6.10 Å². The molecule has 1 saturated carbocycles. The van der Waals surface area contributed by atoms with Crippen LogP contribution in [0.5, 0.6) is 0 Å². The normalized spacial score (nSPS) is 22.6. The van der Waals surface area contributed by atoms with E-state index in [0.29, 0.717) is 12.0 Å². The lowest BCUT2D eigenvalue weighted by Crippen LogP contribution is -2.42. The van der Waals surface area contributed by atoms with Crippen molar-refractivity contribution in [3.8, 4) is 0 Å². The Morgan fingerprint density at radius 2 is 2.25 bits per heavy atom. The highest BCUT2D eigenvalue weighted by Crippen LogP contribution is 2.39. The molecule has 0 heterocycles. The first-order valence-electron chi connectivity index (χ1n) is 4.49. The molecule has 3 heteroatoms. The first-order chi connectivity index (χ1) is 5.53. The average Bonchev–Trinajstić information content (AvgIpc) is 1.96. The number of carbonyl (C=O) groups excluding carboxylic acids is 1. The molecule has 1 rings (SSSR count). The zero-order valence-electron chi connectivity index (χ0n) is 7.76. The number of amides is 1. The Bertz CT molecular complexity index is 173. The van der Waals surface area contributed by atoms with Crippen molar-refractivity contribution in [1.82, 2.24) is 5.32 Å². The van der Waals surface area contributed by atoms with Gasteiger partial charge in [0.15, 0.2) is 0 Å². The van der Waals surface area contributed by atoms with Crippen molar-refractivity contribution in [3.05, 3.63) is 0 Å². The van der Waals surface area contributed by atoms with E-state index < -0.39 is 6.10 Å². The van der Waals surface area contributed by atoms with Gasteiger partial charge >= 0.3 is 0 Å². The molecule has 12 heavy (non-hydrogen) atoms. The van der Waals surface area contributed by atoms with Crippen molar-refractivity contribution in [2.24, 2.45) is 5.41 Å². The molecule has 1 amide bonds. The second-order valence-electron chi connectivity index (χ2n) is 4.06. The second-order valence-corrected chi connectivity index (χ2v) is 4.06. The highest BCUT2D eigenvalue weighted by Gasteiger charge is 2.32. The molecule has 2 N–H and O–H groups in total. The largest absolute Gasteiger partial charge is 0.384 e. The topological polar surface area (TPSA) is 49.3 Å². The summed E-state index contributed by atoms with van der Waals surface area (Å²) in [4.78, 5) is 11.0. The summed E-state index contributed by atoms with van der Waals surface area (Å²) in [6.07, 6.45) is 2.76. The predicted octanol–water partition coefficient (Wildman–Crippen LogP) is 0.674. The van der Waals surface area contributed by atoms with Crippen LogP contribution in [-0.4, -0.2) is 23.7 Å². The van der Waals surface area contributed by atoms with Gasteiger partial charge in [0, 0.05) is 6.54 Å². The summed E-state index contributed by atoms with van der Waals surface area (Å²) in [6.45, 7) is 4.36. The van der Waals surface area contributed by atoms with Crippen LogP contribution >= 0.6 is 0 Å². The van der Waals surface area contributed by atoms with E-state index in [9.17, 15) is 4.79 Å². The number of aliphatic hydroxyl groups excluding tert-OH is 1. The third kappa shape index (κ3) is 2.21. The smallest absolute Gasteiger partial charge is 0.248 e. The van der Waals surface area contributed by atoms with Gasteiger partial charge in [-0.2, -0.15) is 0 Å². The fourth-order valence-electron chi connectivity index (χ4n) is 1.41. The average molecular weight is 171 g/mol. The maximum atomic E-state index is 11.0. The molecule has 0 saturated heterocycles. The molecule has 0 aliphatic heterocycles. The lowest BCUT2D eigenvalue weighted by Gasteiger charge is -2.38. The number of hydrogen-bond donors (Lipinski definition) is 2. The molecule has 0 bridgehead atoms. The molecule has 0 spiro atoms. The van der Waals surface area contributed by atoms with Crippen molar-refractivity contribution in [3.63, 3.8) is 0 Å². The Kier molecular flexibility index (Phi) is 2.73. The van der Waals surface area contributed by atoms with E-state index in [0.717, 1.165) is 0 Å². The highest BCUT2D eigenvalue weighted by molar-refractivity contribution is 5.79. The van der Waals surface area contributed by atoms with Gasteiger partial charge in [0.25, 0.3) is 0 Å². The quantitative estimate of drug-likeness (QED) is 0.656. The second kappa shape index (κ2) is 3.44. The maximum absolute atomic E-state index is 11.0. The van der Waals surface area contributed by atoms with Crippen LogP contribution in [0.1, 0.15) is 33.1 Å². The first-order valence-corrected chi connectivity index (χ1v) is 4.49. The van der Waals surface area contributed by atoms with Gasteiger partial charge in [-0.05, 0) is 25.2 Å². The van der Waals surface area contributed by atoms with Crippen LogP contribution in [0.3, 0.4) is 0 Å². The number of aliphatic hydroxyl groups is 1. The summed E-state index contributed by atoms with van der Waals surface area (Å²) in [5.74, 6) is -0.261. The molecular formula is C9H17NO2. The molecule has 0 unspecified atom stereocenters. The summed E-state index contributed by atoms with van der Waals surface area (Å²) in [5, 5.41) is 11.6. The molecule has 3 nitrogen and oxygen atoms in total. The van der Waals surface area contributed by atoms with Gasteiger partial charge in [0.2, 0.25) is 5.91 Å². The zero-order valence-corrected chi connectivity index (χ0v) is 7.76. The van der Waals surface area contributed by atoms with Crippen LogP contribution in [0.2, 0.25) is 0 Å². The Morgan fingerprint density at radius 1 is 1.67 bits per heavy atom. The summed E-state index contributed by atoms with van der Waals surface area (Å²) in [7, 11) is 0. The van der Waals surface area contributed by atoms with E-state index in [2.05, 4.69) is 12.2 Å². The van der Waals surface area contributed by atoms with Gasteiger partial charge in [0.05, 0.1) is 0 Å². The molecule has 0 aromatic heterocycles. The van der Waals surface area contributed by atoms with Gasteiger partial charge in [-0.1, -0.05) is 13.3 Å². The van der Waals surface area contributed by atoms with Crippen LogP contribution in [0.4, 0.5) is 0 Å². The van der Waals surface area contributed by atoms with Crippen LogP contribution < -0.4 is 5.32 Å². The molecule has 1 aliphatic rings. The summed E-state index contributed by atoms with van der Waals surface area (Å²) < 4.78 is 0.